The number of benzene rings is 1. The number of hydrogen-bond donors (Lipinski definition) is 2. The molecule has 1 aromatic heterocycles. The van der Waals surface area contributed by atoms with Crippen molar-refractivity contribution in [2.75, 3.05) is 6.61 Å². The predicted octanol–water partition coefficient (Wildman–Crippen LogP) is 4.36. The van der Waals surface area contributed by atoms with Crippen LogP contribution >= 0.6 is 27.7 Å². The molecule has 43 heavy (non-hydrogen) atoms. The second kappa shape index (κ2) is 14.9. The molecule has 0 amide bonds. The van der Waals surface area contributed by atoms with E-state index in [1.54, 1.807) is 6.07 Å². The molecule has 2 heterocycles. The van der Waals surface area contributed by atoms with E-state index in [2.05, 4.69) is 31.3 Å². The maximum atomic E-state index is 13.9. The Kier molecular flexibility index (Phi) is 11.6. The quantitative estimate of drug-likeness (QED) is 0.157. The van der Waals surface area contributed by atoms with E-state index >= 15 is 0 Å². The average molecular weight is 686 g/mol. The Morgan fingerprint density at radius 1 is 1.14 bits per heavy atom. The van der Waals surface area contributed by atoms with Gasteiger partial charge < -0.3 is 24.3 Å². The minimum absolute atomic E-state index is 0.109. The lowest BCUT2D eigenvalue weighted by Crippen LogP contribution is -2.64. The molecule has 0 spiro atoms. The van der Waals surface area contributed by atoms with Gasteiger partial charge in [0.15, 0.2) is 35.4 Å². The summed E-state index contributed by atoms with van der Waals surface area (Å²) >= 11 is 4.26. The Hall–Kier alpha value is -4.01. The number of nitrogens with zero attached hydrogens (tertiary/aromatic N) is 3. The number of hydrogen-bond acceptors (Lipinski definition) is 13. The number of nitriles is 1. The summed E-state index contributed by atoms with van der Waals surface area (Å²) < 4.78 is 64.0. The molecule has 0 saturated carbocycles. The molecular formula is C26H23BrF3N5O7S. The van der Waals surface area contributed by atoms with Crippen molar-refractivity contribution in [1.29, 1.82) is 10.8 Å². The maximum Gasteiger partial charge on any atom is 0.303 e. The number of carbonyl (C=O) groups excluding carboxylic acids is 3. The summed E-state index contributed by atoms with van der Waals surface area (Å²) in [4.78, 5) is 40.4. The van der Waals surface area contributed by atoms with E-state index in [-0.39, 0.29) is 17.0 Å². The largest absolute Gasteiger partial charge is 0.463 e. The predicted molar refractivity (Wildman–Crippen MR) is 145 cm³/mol. The minimum Gasteiger partial charge on any atom is -0.463 e. The van der Waals surface area contributed by atoms with Crippen LogP contribution in [-0.4, -0.2) is 59.3 Å². The highest BCUT2D eigenvalue weighted by Gasteiger charge is 2.50. The number of nitrogens with one attached hydrogen (secondary N) is 2. The number of thioether (sulfide) groups is 1. The molecule has 1 fully saturated rings. The molecule has 12 nitrogen and oxygen atoms in total. The number of pyridine rings is 1. The summed E-state index contributed by atoms with van der Waals surface area (Å²) in [5.74, 6) is -6.97. The van der Waals surface area contributed by atoms with Gasteiger partial charge >= 0.3 is 17.9 Å². The smallest absolute Gasteiger partial charge is 0.303 e. The molecule has 1 saturated heterocycles. The summed E-state index contributed by atoms with van der Waals surface area (Å²) in [7, 11) is 0. The van der Waals surface area contributed by atoms with Crippen LogP contribution in [0.25, 0.3) is 5.70 Å². The fraction of sp³-hybridized carbons (Fsp3) is 0.346. The summed E-state index contributed by atoms with van der Waals surface area (Å²) in [6.07, 6.45) is -1.30. The van der Waals surface area contributed by atoms with Crippen LogP contribution in [0.3, 0.4) is 0 Å². The topological polar surface area (TPSA) is 173 Å². The molecule has 5 atom stereocenters. The van der Waals surface area contributed by atoms with Crippen molar-refractivity contribution >= 4 is 51.3 Å². The van der Waals surface area contributed by atoms with Gasteiger partial charge in [-0.3, -0.25) is 14.4 Å². The van der Waals surface area contributed by atoms with Gasteiger partial charge in [-0.05, 0) is 34.1 Å². The first kappa shape index (κ1) is 33.5. The molecule has 0 aliphatic carbocycles. The second-order valence-electron chi connectivity index (χ2n) is 8.81. The molecule has 1 aliphatic heterocycles. The van der Waals surface area contributed by atoms with E-state index in [0.29, 0.717) is 21.5 Å². The van der Waals surface area contributed by atoms with Crippen molar-refractivity contribution in [3.63, 3.8) is 0 Å². The summed E-state index contributed by atoms with van der Waals surface area (Å²) in [6, 6.07) is 3.53. The van der Waals surface area contributed by atoms with E-state index < -0.39 is 71.8 Å². The van der Waals surface area contributed by atoms with E-state index in [0.717, 1.165) is 38.7 Å². The van der Waals surface area contributed by atoms with Crippen LogP contribution in [0.15, 0.2) is 45.1 Å². The maximum absolute atomic E-state index is 13.9. The first-order chi connectivity index (χ1) is 20.3. The summed E-state index contributed by atoms with van der Waals surface area (Å²) in [5, 5.41) is 15.3. The normalized spacial score (nSPS) is 21.7. The lowest BCUT2D eigenvalue weighted by molar-refractivity contribution is -0.203. The minimum atomic E-state index is -1.72. The first-order valence-corrected chi connectivity index (χ1v) is 13.9. The van der Waals surface area contributed by atoms with Crippen molar-refractivity contribution in [2.24, 2.45) is 5.11 Å². The number of carbonyl (C=O) groups is 3. The molecule has 0 radical (unpaired) electrons. The highest BCUT2D eigenvalue weighted by molar-refractivity contribution is 9.10. The van der Waals surface area contributed by atoms with Gasteiger partial charge in [-0.2, -0.15) is 10.4 Å². The molecule has 3 unspecified atom stereocenters. The van der Waals surface area contributed by atoms with Gasteiger partial charge in [0.1, 0.15) is 36.0 Å². The fourth-order valence-electron chi connectivity index (χ4n) is 3.95. The van der Waals surface area contributed by atoms with Crippen LogP contribution < -0.4 is 5.32 Å². The van der Waals surface area contributed by atoms with Gasteiger partial charge in [-0.25, -0.2) is 23.7 Å². The fourth-order valence-corrected chi connectivity index (χ4v) is 5.67. The van der Waals surface area contributed by atoms with Crippen LogP contribution in [0, 0.1) is 34.3 Å². The van der Waals surface area contributed by atoms with Gasteiger partial charge in [0.05, 0.1) is 4.47 Å². The van der Waals surface area contributed by atoms with Crippen LogP contribution in [0.2, 0.25) is 0 Å². The molecule has 228 valence electrons. The van der Waals surface area contributed by atoms with Crippen LogP contribution in [-0.2, 0) is 33.3 Å². The van der Waals surface area contributed by atoms with Crippen molar-refractivity contribution < 1.29 is 46.5 Å². The number of aromatic nitrogens is 1. The van der Waals surface area contributed by atoms with Gasteiger partial charge in [-0.15, -0.1) is 0 Å². The third-order valence-corrected chi connectivity index (χ3v) is 7.40. The van der Waals surface area contributed by atoms with Gasteiger partial charge in [0.25, 0.3) is 0 Å². The van der Waals surface area contributed by atoms with E-state index in [1.807, 2.05) is 6.07 Å². The Balaban J connectivity index is 2.10. The molecule has 2 N–H and O–H groups in total. The lowest BCUT2D eigenvalue weighted by Gasteiger charge is -2.45. The summed E-state index contributed by atoms with van der Waals surface area (Å²) in [5.41, 5.74) is 5.87. The first-order valence-electron chi connectivity index (χ1n) is 12.2. The van der Waals surface area contributed by atoms with Crippen LogP contribution in [0.4, 0.5) is 13.2 Å². The SMILES string of the molecule is CC(=O)OCC1O[C@H](Sc2cnc(C#N)c(Br)c2)C(OC(C)=O)C(N/C=C(\N=N)c2cc(F)c(F)c(F)c2)[C@H]1OC(C)=O. The zero-order chi connectivity index (χ0) is 31.8. The summed E-state index contributed by atoms with van der Waals surface area (Å²) in [6.45, 7) is 2.97. The zero-order valence-corrected chi connectivity index (χ0v) is 25.0. The van der Waals surface area contributed by atoms with Gasteiger partial charge in [-0.1, -0.05) is 11.8 Å². The number of esters is 3. The second-order valence-corrected chi connectivity index (χ2v) is 10.8. The standard InChI is InChI=1S/C26H23BrF3N5O7S/c1-11(36)39-10-21-24(40-12(2)37)23(34-9-20(35-32)14-4-17(28)22(30)18(29)5-14)25(41-13(3)38)26(42-21)43-15-6-16(27)19(7-31)33-8-15/h4-6,8-9,21,23-26,32,34H,10H2,1-3H3/b20-9-,35-32?/t21?,23?,24-,25?,26+/m0/s1. The number of halogens is 4. The molecule has 2 aromatic rings. The van der Waals surface area contributed by atoms with E-state index in [1.165, 1.54) is 6.20 Å². The van der Waals surface area contributed by atoms with Crippen molar-refractivity contribution in [3.05, 3.63) is 63.8 Å². The van der Waals surface area contributed by atoms with E-state index in [9.17, 15) is 32.8 Å². The highest BCUT2D eigenvalue weighted by Crippen LogP contribution is 2.37. The van der Waals surface area contributed by atoms with Crippen LogP contribution in [0.1, 0.15) is 32.0 Å². The third-order valence-electron chi connectivity index (χ3n) is 5.69. The lowest BCUT2D eigenvalue weighted by atomic mass is 9.96. The molecule has 1 aromatic carbocycles. The zero-order valence-electron chi connectivity index (χ0n) is 22.6. The van der Waals surface area contributed by atoms with Crippen molar-refractivity contribution in [3.8, 4) is 6.07 Å². The molecular weight excluding hydrogens is 663 g/mol. The Morgan fingerprint density at radius 3 is 2.30 bits per heavy atom. The van der Waals surface area contributed by atoms with E-state index in [4.69, 9.17) is 24.5 Å². The number of ether oxygens (including phenoxy) is 4. The van der Waals surface area contributed by atoms with Gasteiger partial charge in [0, 0.05) is 43.6 Å². The Labute approximate surface area is 255 Å². The molecule has 17 heteroatoms. The van der Waals surface area contributed by atoms with Gasteiger partial charge in [0.2, 0.25) is 0 Å². The highest BCUT2D eigenvalue weighted by atomic mass is 79.9. The molecule has 0 bridgehead atoms. The molecule has 1 aliphatic rings. The molecule has 3 rings (SSSR count). The Bertz CT molecular complexity index is 1470. The van der Waals surface area contributed by atoms with Crippen molar-refractivity contribution in [1.82, 2.24) is 10.3 Å². The van der Waals surface area contributed by atoms with Crippen molar-refractivity contribution in [2.45, 2.75) is 55.5 Å². The monoisotopic (exact) mass is 685 g/mol. The van der Waals surface area contributed by atoms with Crippen LogP contribution in [0.5, 0.6) is 0 Å². The Morgan fingerprint density at radius 2 is 1.77 bits per heavy atom. The number of rotatable bonds is 10. The average Bonchev–Trinajstić information content (AvgIpc) is 2.93. The third kappa shape index (κ3) is 8.75.